The molecule has 0 spiro atoms. The third kappa shape index (κ3) is 3.25. The molecule has 0 radical (unpaired) electrons. The monoisotopic (exact) mass is 295 g/mol. The van der Waals surface area contributed by atoms with Crippen LogP contribution >= 0.6 is 23.2 Å². The van der Waals surface area contributed by atoms with Gasteiger partial charge in [-0.05, 0) is 37.6 Å². The molecule has 0 unspecified atom stereocenters. The van der Waals surface area contributed by atoms with Crippen molar-refractivity contribution in [2.45, 2.75) is 13.8 Å². The Bertz CT molecular complexity index is 641. The van der Waals surface area contributed by atoms with Crippen LogP contribution in [0.2, 0.25) is 10.2 Å². The number of esters is 1. The third-order valence-electron chi connectivity index (χ3n) is 2.54. The van der Waals surface area contributed by atoms with Gasteiger partial charge in [-0.2, -0.15) is 0 Å². The minimum Gasteiger partial charge on any atom is -0.421 e. The summed E-state index contributed by atoms with van der Waals surface area (Å²) < 4.78 is 5.28. The quantitative estimate of drug-likeness (QED) is 0.473. The van der Waals surface area contributed by atoms with E-state index in [-0.39, 0.29) is 15.9 Å². The summed E-state index contributed by atoms with van der Waals surface area (Å²) in [7, 11) is 0. The summed E-state index contributed by atoms with van der Waals surface area (Å²) in [6, 6.07) is 8.55. The summed E-state index contributed by atoms with van der Waals surface area (Å²) in [6.45, 7) is 3.83. The molecule has 1 aromatic carbocycles. The number of hydrogen-bond donors (Lipinski definition) is 0. The van der Waals surface area contributed by atoms with Gasteiger partial charge in [-0.1, -0.05) is 40.9 Å². The maximum Gasteiger partial charge on any atom is 0.363 e. The lowest BCUT2D eigenvalue weighted by Gasteiger charge is -2.08. The van der Waals surface area contributed by atoms with Crippen molar-refractivity contribution in [2.75, 3.05) is 0 Å². The highest BCUT2D eigenvalue weighted by Gasteiger charge is 2.16. The Morgan fingerprint density at radius 3 is 2.58 bits per heavy atom. The Hall–Kier alpha value is -1.58. The molecular weight excluding hydrogens is 285 g/mol. The molecular formula is C14H11Cl2NO2. The smallest absolute Gasteiger partial charge is 0.363 e. The van der Waals surface area contributed by atoms with Gasteiger partial charge >= 0.3 is 5.97 Å². The maximum atomic E-state index is 12.0. The van der Waals surface area contributed by atoms with Crippen LogP contribution in [0.5, 0.6) is 5.75 Å². The number of carbonyl (C=O) groups is 1. The minimum atomic E-state index is -0.626. The normalized spacial score (nSPS) is 10.3. The standard InChI is InChI=1S/C14H11Cl2NO2/c1-8-3-5-11(9(2)7-8)19-14(18)13-10(15)4-6-12(16)17-13/h3-7H,1-2H3. The van der Waals surface area contributed by atoms with E-state index < -0.39 is 5.97 Å². The first-order valence-corrected chi connectivity index (χ1v) is 6.34. The fourth-order valence-corrected chi connectivity index (χ4v) is 1.95. The highest BCUT2D eigenvalue weighted by Crippen LogP contribution is 2.22. The number of pyridine rings is 1. The molecule has 0 atom stereocenters. The average Bonchev–Trinajstić information content (AvgIpc) is 2.35. The van der Waals surface area contributed by atoms with Gasteiger partial charge in [-0.15, -0.1) is 0 Å². The van der Waals surface area contributed by atoms with Gasteiger partial charge in [0.05, 0.1) is 5.02 Å². The molecule has 98 valence electrons. The van der Waals surface area contributed by atoms with E-state index in [1.165, 1.54) is 12.1 Å². The van der Waals surface area contributed by atoms with Crippen molar-refractivity contribution in [3.8, 4) is 5.75 Å². The van der Waals surface area contributed by atoms with Crippen LogP contribution < -0.4 is 4.74 Å². The van der Waals surface area contributed by atoms with Gasteiger partial charge in [0, 0.05) is 0 Å². The van der Waals surface area contributed by atoms with Crippen LogP contribution in [-0.4, -0.2) is 11.0 Å². The summed E-state index contributed by atoms with van der Waals surface area (Å²) in [6.07, 6.45) is 0. The lowest BCUT2D eigenvalue weighted by Crippen LogP contribution is -2.12. The van der Waals surface area contributed by atoms with Crippen LogP contribution in [0.15, 0.2) is 30.3 Å². The molecule has 3 nitrogen and oxygen atoms in total. The highest BCUT2D eigenvalue weighted by molar-refractivity contribution is 6.34. The van der Waals surface area contributed by atoms with Crippen LogP contribution in [-0.2, 0) is 0 Å². The Morgan fingerprint density at radius 1 is 1.16 bits per heavy atom. The summed E-state index contributed by atoms with van der Waals surface area (Å²) in [5.41, 5.74) is 1.97. The summed E-state index contributed by atoms with van der Waals surface area (Å²) >= 11 is 11.6. The minimum absolute atomic E-state index is 0.00846. The highest BCUT2D eigenvalue weighted by atomic mass is 35.5. The largest absolute Gasteiger partial charge is 0.421 e. The lowest BCUT2D eigenvalue weighted by molar-refractivity contribution is 0.0727. The Labute approximate surface area is 121 Å². The van der Waals surface area contributed by atoms with E-state index in [4.69, 9.17) is 27.9 Å². The average molecular weight is 296 g/mol. The van der Waals surface area contributed by atoms with E-state index in [9.17, 15) is 4.79 Å². The van der Waals surface area contributed by atoms with Crippen molar-refractivity contribution in [2.24, 2.45) is 0 Å². The second-order valence-corrected chi connectivity index (χ2v) is 4.92. The zero-order chi connectivity index (χ0) is 14.0. The number of benzene rings is 1. The second-order valence-electron chi connectivity index (χ2n) is 4.12. The Kier molecular flexibility index (Phi) is 4.08. The molecule has 0 aliphatic rings. The van der Waals surface area contributed by atoms with Gasteiger partial charge in [-0.3, -0.25) is 0 Å². The van der Waals surface area contributed by atoms with E-state index in [1.54, 1.807) is 6.07 Å². The molecule has 0 saturated carbocycles. The predicted molar refractivity (Wildman–Crippen MR) is 75.1 cm³/mol. The maximum absolute atomic E-state index is 12.0. The first kappa shape index (κ1) is 13.8. The molecule has 1 heterocycles. The molecule has 1 aromatic heterocycles. The lowest BCUT2D eigenvalue weighted by atomic mass is 10.1. The molecule has 2 rings (SSSR count). The number of halogens is 2. The first-order chi connectivity index (χ1) is 8.97. The van der Waals surface area contributed by atoms with Crippen LogP contribution in [0.1, 0.15) is 21.6 Å². The number of aryl methyl sites for hydroxylation is 2. The van der Waals surface area contributed by atoms with Crippen molar-refractivity contribution in [3.63, 3.8) is 0 Å². The molecule has 2 aromatic rings. The molecule has 19 heavy (non-hydrogen) atoms. The number of aromatic nitrogens is 1. The zero-order valence-electron chi connectivity index (χ0n) is 10.4. The molecule has 0 amide bonds. The third-order valence-corrected chi connectivity index (χ3v) is 3.05. The molecule has 5 heteroatoms. The SMILES string of the molecule is Cc1ccc(OC(=O)c2nc(Cl)ccc2Cl)c(C)c1. The predicted octanol–water partition coefficient (Wildman–Crippen LogP) is 4.22. The molecule has 0 N–H and O–H groups in total. The van der Waals surface area contributed by atoms with Gasteiger partial charge in [0.25, 0.3) is 0 Å². The van der Waals surface area contributed by atoms with Crippen molar-refractivity contribution < 1.29 is 9.53 Å². The fraction of sp³-hybridized carbons (Fsp3) is 0.143. The van der Waals surface area contributed by atoms with E-state index in [0.717, 1.165) is 11.1 Å². The Balaban J connectivity index is 2.28. The van der Waals surface area contributed by atoms with Crippen molar-refractivity contribution in [1.29, 1.82) is 0 Å². The van der Waals surface area contributed by atoms with Crippen LogP contribution in [0.3, 0.4) is 0 Å². The number of hydrogen-bond acceptors (Lipinski definition) is 3. The molecule has 0 aliphatic carbocycles. The van der Waals surface area contributed by atoms with E-state index in [2.05, 4.69) is 4.98 Å². The zero-order valence-corrected chi connectivity index (χ0v) is 11.9. The van der Waals surface area contributed by atoms with Crippen molar-refractivity contribution in [3.05, 3.63) is 57.3 Å². The van der Waals surface area contributed by atoms with Gasteiger partial charge < -0.3 is 4.74 Å². The summed E-state index contributed by atoms with van der Waals surface area (Å²) in [5, 5.41) is 0.399. The fourth-order valence-electron chi connectivity index (χ4n) is 1.62. The number of nitrogens with zero attached hydrogens (tertiary/aromatic N) is 1. The number of carbonyl (C=O) groups excluding carboxylic acids is 1. The van der Waals surface area contributed by atoms with Crippen LogP contribution in [0, 0.1) is 13.8 Å². The van der Waals surface area contributed by atoms with E-state index in [1.807, 2.05) is 26.0 Å². The molecule has 0 fully saturated rings. The van der Waals surface area contributed by atoms with Crippen LogP contribution in [0.4, 0.5) is 0 Å². The van der Waals surface area contributed by atoms with Gasteiger partial charge in [-0.25, -0.2) is 9.78 Å². The Morgan fingerprint density at radius 2 is 1.89 bits per heavy atom. The first-order valence-electron chi connectivity index (χ1n) is 5.59. The second kappa shape index (κ2) is 5.59. The topological polar surface area (TPSA) is 39.2 Å². The van der Waals surface area contributed by atoms with Crippen LogP contribution in [0.25, 0.3) is 0 Å². The van der Waals surface area contributed by atoms with E-state index in [0.29, 0.717) is 5.75 Å². The number of ether oxygens (including phenoxy) is 1. The van der Waals surface area contributed by atoms with Gasteiger partial charge in [0.2, 0.25) is 0 Å². The van der Waals surface area contributed by atoms with Gasteiger partial charge in [0.15, 0.2) is 5.69 Å². The van der Waals surface area contributed by atoms with Crippen molar-refractivity contribution >= 4 is 29.2 Å². The molecule has 0 saturated heterocycles. The number of rotatable bonds is 2. The van der Waals surface area contributed by atoms with Gasteiger partial charge in [0.1, 0.15) is 10.9 Å². The van der Waals surface area contributed by atoms with Crippen molar-refractivity contribution in [1.82, 2.24) is 4.98 Å². The van der Waals surface area contributed by atoms with E-state index >= 15 is 0 Å². The summed E-state index contributed by atoms with van der Waals surface area (Å²) in [5.74, 6) is -0.145. The summed E-state index contributed by atoms with van der Waals surface area (Å²) in [4.78, 5) is 15.9. The molecule has 0 aliphatic heterocycles. The molecule has 0 bridgehead atoms.